The Labute approximate surface area is 171 Å². The van der Waals surface area contributed by atoms with E-state index in [2.05, 4.69) is 39.0 Å². The molecule has 154 valence electrons. The summed E-state index contributed by atoms with van der Waals surface area (Å²) in [4.78, 5) is 27.3. The highest BCUT2D eigenvalue weighted by Crippen LogP contribution is 2.29. The normalized spacial score (nSPS) is 17.7. The highest BCUT2D eigenvalue weighted by Gasteiger charge is 2.25. The second kappa shape index (κ2) is 8.76. The monoisotopic (exact) mass is 395 g/mol. The van der Waals surface area contributed by atoms with Crippen molar-refractivity contribution in [3.8, 4) is 5.75 Å². The van der Waals surface area contributed by atoms with E-state index in [1.54, 1.807) is 6.20 Å². The number of nitrogens with one attached hydrogen (secondary N) is 1. The Morgan fingerprint density at radius 3 is 2.69 bits per heavy atom. The first-order chi connectivity index (χ1) is 14.1. The predicted molar refractivity (Wildman–Crippen MR) is 113 cm³/mol. The van der Waals surface area contributed by atoms with Crippen molar-refractivity contribution < 1.29 is 9.53 Å². The molecule has 2 aromatic rings. The first-order valence-electron chi connectivity index (χ1n) is 10.6. The quantitative estimate of drug-likeness (QED) is 0.770. The van der Waals surface area contributed by atoms with Crippen LogP contribution in [-0.2, 0) is 6.42 Å². The number of anilines is 2. The Kier molecular flexibility index (Phi) is 5.92. The maximum Gasteiger partial charge on any atom is 0.225 e. The molecule has 0 aromatic carbocycles. The molecule has 1 fully saturated rings. The van der Waals surface area contributed by atoms with Crippen LogP contribution in [0.3, 0.4) is 0 Å². The number of ketones is 1. The molecule has 0 amide bonds. The standard InChI is InChI=1S/C22H29N5O2/c1-3-16-11-25-22(26-12-16)27-8-5-17(6-9-27)15(2)4-7-23-21-10-20-18(13-24-21)19(28)14-29-20/h10-13,15,17H,3-9,14H2,1-2H3,(H,23,24). The number of fused-ring (bicyclic) bond motifs is 1. The van der Waals surface area contributed by atoms with Crippen molar-refractivity contribution in [1.82, 2.24) is 15.0 Å². The van der Waals surface area contributed by atoms with Crippen molar-refractivity contribution >= 4 is 17.5 Å². The number of nitrogens with zero attached hydrogens (tertiary/aromatic N) is 4. The van der Waals surface area contributed by atoms with Crippen molar-refractivity contribution in [2.45, 2.75) is 39.5 Å². The third-order valence-corrected chi connectivity index (χ3v) is 6.16. The van der Waals surface area contributed by atoms with Crippen LogP contribution in [0.2, 0.25) is 0 Å². The maximum absolute atomic E-state index is 11.6. The number of carbonyl (C=O) groups is 1. The van der Waals surface area contributed by atoms with Crippen LogP contribution in [0.5, 0.6) is 5.75 Å². The molecule has 7 heteroatoms. The number of aryl methyl sites for hydroxylation is 1. The lowest BCUT2D eigenvalue weighted by molar-refractivity contribution is 0.0961. The lowest BCUT2D eigenvalue weighted by atomic mass is 9.83. The lowest BCUT2D eigenvalue weighted by Crippen LogP contribution is -2.37. The Bertz CT molecular complexity index is 847. The van der Waals surface area contributed by atoms with Gasteiger partial charge in [0, 0.05) is 44.3 Å². The fourth-order valence-electron chi connectivity index (χ4n) is 4.11. The van der Waals surface area contributed by atoms with Crippen LogP contribution >= 0.6 is 0 Å². The van der Waals surface area contributed by atoms with Crippen molar-refractivity contribution in [2.75, 3.05) is 36.5 Å². The van der Waals surface area contributed by atoms with E-state index in [1.165, 1.54) is 18.4 Å². The fraction of sp³-hybridized carbons (Fsp3) is 0.545. The molecule has 0 saturated carbocycles. The van der Waals surface area contributed by atoms with Gasteiger partial charge in [-0.25, -0.2) is 15.0 Å². The Balaban J connectivity index is 1.22. The number of carbonyl (C=O) groups excluding carboxylic acids is 1. The SMILES string of the molecule is CCc1cnc(N2CCC(C(C)CCNc3cc4c(cn3)C(=O)CO4)CC2)nc1. The zero-order valence-electron chi connectivity index (χ0n) is 17.2. The smallest absolute Gasteiger partial charge is 0.225 e. The minimum Gasteiger partial charge on any atom is -0.484 e. The van der Waals surface area contributed by atoms with Gasteiger partial charge in [0.25, 0.3) is 0 Å². The highest BCUT2D eigenvalue weighted by atomic mass is 16.5. The van der Waals surface area contributed by atoms with E-state index in [9.17, 15) is 4.79 Å². The number of hydrogen-bond donors (Lipinski definition) is 1. The van der Waals surface area contributed by atoms with Gasteiger partial charge in [-0.05, 0) is 43.1 Å². The van der Waals surface area contributed by atoms with Gasteiger partial charge >= 0.3 is 0 Å². The van der Waals surface area contributed by atoms with Crippen LogP contribution in [0.1, 0.15) is 49.0 Å². The molecule has 1 N–H and O–H groups in total. The molecule has 0 bridgehead atoms. The molecule has 4 heterocycles. The number of ether oxygens (including phenoxy) is 1. The van der Waals surface area contributed by atoms with Crippen molar-refractivity contribution in [3.63, 3.8) is 0 Å². The van der Waals surface area contributed by atoms with Gasteiger partial charge in [0.05, 0.1) is 5.56 Å². The van der Waals surface area contributed by atoms with Gasteiger partial charge in [-0.15, -0.1) is 0 Å². The molecule has 0 spiro atoms. The molecule has 7 nitrogen and oxygen atoms in total. The number of Topliss-reactive ketones (excluding diaryl/α,β-unsaturated/α-hetero) is 1. The molecular weight excluding hydrogens is 366 g/mol. The maximum atomic E-state index is 11.6. The summed E-state index contributed by atoms with van der Waals surface area (Å²) in [5.74, 6) is 3.64. The molecular formula is C22H29N5O2. The number of hydrogen-bond acceptors (Lipinski definition) is 7. The molecule has 2 aromatic heterocycles. The minimum absolute atomic E-state index is 0.00530. The van der Waals surface area contributed by atoms with E-state index >= 15 is 0 Å². The Morgan fingerprint density at radius 2 is 1.97 bits per heavy atom. The lowest BCUT2D eigenvalue weighted by Gasteiger charge is -2.35. The zero-order valence-corrected chi connectivity index (χ0v) is 17.2. The summed E-state index contributed by atoms with van der Waals surface area (Å²) in [6, 6.07) is 1.83. The van der Waals surface area contributed by atoms with Gasteiger partial charge in [-0.1, -0.05) is 13.8 Å². The minimum atomic E-state index is 0.00530. The number of aromatic nitrogens is 3. The molecule has 0 aliphatic carbocycles. The molecule has 0 radical (unpaired) electrons. The average molecular weight is 396 g/mol. The van der Waals surface area contributed by atoms with Gasteiger partial charge < -0.3 is 15.0 Å². The largest absolute Gasteiger partial charge is 0.484 e. The number of pyridine rings is 1. The van der Waals surface area contributed by atoms with Gasteiger partial charge in [-0.3, -0.25) is 4.79 Å². The summed E-state index contributed by atoms with van der Waals surface area (Å²) in [5.41, 5.74) is 1.77. The predicted octanol–water partition coefficient (Wildman–Crippen LogP) is 3.36. The molecule has 1 atom stereocenters. The number of rotatable bonds is 7. The third-order valence-electron chi connectivity index (χ3n) is 6.16. The van der Waals surface area contributed by atoms with Crippen LogP contribution in [-0.4, -0.2) is 47.0 Å². The van der Waals surface area contributed by atoms with Crippen molar-refractivity contribution in [1.29, 1.82) is 0 Å². The van der Waals surface area contributed by atoms with E-state index in [0.717, 1.165) is 50.2 Å². The van der Waals surface area contributed by atoms with Crippen LogP contribution in [0.4, 0.5) is 11.8 Å². The topological polar surface area (TPSA) is 80.2 Å². The molecule has 4 rings (SSSR count). The summed E-state index contributed by atoms with van der Waals surface area (Å²) < 4.78 is 5.39. The van der Waals surface area contributed by atoms with E-state index < -0.39 is 0 Å². The van der Waals surface area contributed by atoms with Crippen LogP contribution in [0, 0.1) is 11.8 Å². The summed E-state index contributed by atoms with van der Waals surface area (Å²) in [6.07, 6.45) is 9.90. The molecule has 2 aliphatic rings. The van der Waals surface area contributed by atoms with Crippen LogP contribution in [0.25, 0.3) is 0 Å². The Hall–Kier alpha value is -2.70. The fourth-order valence-corrected chi connectivity index (χ4v) is 4.11. The average Bonchev–Trinajstić information content (AvgIpc) is 3.14. The summed E-state index contributed by atoms with van der Waals surface area (Å²) >= 11 is 0. The van der Waals surface area contributed by atoms with Gasteiger partial charge in [0.2, 0.25) is 11.7 Å². The van der Waals surface area contributed by atoms with Crippen molar-refractivity contribution in [2.24, 2.45) is 11.8 Å². The first-order valence-corrected chi connectivity index (χ1v) is 10.6. The van der Waals surface area contributed by atoms with E-state index in [4.69, 9.17) is 4.74 Å². The van der Waals surface area contributed by atoms with Crippen LogP contribution < -0.4 is 15.0 Å². The molecule has 1 unspecified atom stereocenters. The summed E-state index contributed by atoms with van der Waals surface area (Å²) in [6.45, 7) is 7.49. The Morgan fingerprint density at radius 1 is 1.21 bits per heavy atom. The van der Waals surface area contributed by atoms with E-state index in [0.29, 0.717) is 17.2 Å². The second-order valence-electron chi connectivity index (χ2n) is 8.04. The third kappa shape index (κ3) is 4.49. The van der Waals surface area contributed by atoms with Crippen molar-refractivity contribution in [3.05, 3.63) is 35.8 Å². The molecule has 1 saturated heterocycles. The van der Waals surface area contributed by atoms with Gasteiger partial charge in [0.1, 0.15) is 11.6 Å². The van der Waals surface area contributed by atoms with Gasteiger partial charge in [0.15, 0.2) is 6.61 Å². The van der Waals surface area contributed by atoms with Gasteiger partial charge in [-0.2, -0.15) is 0 Å². The second-order valence-corrected chi connectivity index (χ2v) is 8.04. The zero-order chi connectivity index (χ0) is 20.2. The highest BCUT2D eigenvalue weighted by molar-refractivity contribution is 6.02. The summed E-state index contributed by atoms with van der Waals surface area (Å²) in [7, 11) is 0. The van der Waals surface area contributed by atoms with Crippen LogP contribution in [0.15, 0.2) is 24.7 Å². The molecule has 29 heavy (non-hydrogen) atoms. The summed E-state index contributed by atoms with van der Waals surface area (Å²) in [5, 5.41) is 3.37. The van der Waals surface area contributed by atoms with E-state index in [-0.39, 0.29) is 12.4 Å². The van der Waals surface area contributed by atoms with E-state index in [1.807, 2.05) is 18.5 Å². The molecule has 2 aliphatic heterocycles. The first kappa shape index (κ1) is 19.6. The number of piperidine rings is 1.